The van der Waals surface area contributed by atoms with Gasteiger partial charge < -0.3 is 5.11 Å². The summed E-state index contributed by atoms with van der Waals surface area (Å²) in [5.41, 5.74) is 0.177. The zero-order valence-corrected chi connectivity index (χ0v) is 17.8. The number of aliphatic hydroxyl groups is 1. The molecule has 1 saturated carbocycles. The van der Waals surface area contributed by atoms with E-state index in [1.807, 2.05) is 13.0 Å². The van der Waals surface area contributed by atoms with Crippen molar-refractivity contribution < 1.29 is 22.7 Å². The number of halogens is 4. The van der Waals surface area contributed by atoms with Crippen LogP contribution < -0.4 is 0 Å². The van der Waals surface area contributed by atoms with Gasteiger partial charge in [-0.3, -0.25) is 0 Å². The van der Waals surface area contributed by atoms with Crippen LogP contribution in [0.25, 0.3) is 16.7 Å². The normalized spacial score (nSPS) is 28.2. The van der Waals surface area contributed by atoms with Gasteiger partial charge in [0.05, 0.1) is 11.9 Å². The molecule has 0 radical (unpaired) electrons. The number of aromatic nitrogens is 3. The maximum absolute atomic E-state index is 13.6. The van der Waals surface area contributed by atoms with Crippen LogP contribution in [-0.2, 0) is 11.8 Å². The average Bonchev–Trinajstić information content (AvgIpc) is 3.09. The third-order valence-electron chi connectivity index (χ3n) is 7.71. The first-order valence-corrected chi connectivity index (χ1v) is 11.1. The molecule has 170 valence electrons. The van der Waals surface area contributed by atoms with Gasteiger partial charge in [0.1, 0.15) is 5.82 Å². The SMILES string of the molecule is CCC12CCC(O)(C(F)(F)F)CC1CCCc1nc3c(cnn3-c3ccc(F)cc3)cc12. The monoisotopic (exact) mass is 447 g/mol. The van der Waals surface area contributed by atoms with Crippen LogP contribution in [0, 0.1) is 11.7 Å². The summed E-state index contributed by atoms with van der Waals surface area (Å²) >= 11 is 0. The lowest BCUT2D eigenvalue weighted by molar-refractivity contribution is -0.279. The predicted molar refractivity (Wildman–Crippen MR) is 112 cm³/mol. The van der Waals surface area contributed by atoms with Crippen molar-refractivity contribution in [1.82, 2.24) is 14.8 Å². The maximum atomic E-state index is 13.6. The Bertz CT molecular complexity index is 1160. The van der Waals surface area contributed by atoms with E-state index in [0.29, 0.717) is 30.6 Å². The van der Waals surface area contributed by atoms with Gasteiger partial charge >= 0.3 is 6.18 Å². The Hall–Kier alpha value is -2.48. The van der Waals surface area contributed by atoms with Crippen molar-refractivity contribution in [2.24, 2.45) is 5.92 Å². The molecule has 3 unspecified atom stereocenters. The first-order valence-electron chi connectivity index (χ1n) is 11.1. The van der Waals surface area contributed by atoms with Gasteiger partial charge in [-0.1, -0.05) is 6.92 Å². The number of alkyl halides is 3. The first kappa shape index (κ1) is 21.4. The van der Waals surface area contributed by atoms with Gasteiger partial charge in [-0.15, -0.1) is 0 Å². The molecule has 32 heavy (non-hydrogen) atoms. The minimum Gasteiger partial charge on any atom is -0.380 e. The van der Waals surface area contributed by atoms with E-state index in [2.05, 4.69) is 5.10 Å². The van der Waals surface area contributed by atoms with Crippen molar-refractivity contribution in [3.63, 3.8) is 0 Å². The van der Waals surface area contributed by atoms with E-state index in [9.17, 15) is 22.7 Å². The van der Waals surface area contributed by atoms with Gasteiger partial charge in [0.15, 0.2) is 11.2 Å². The molecular weight excluding hydrogens is 422 g/mol. The first-order chi connectivity index (χ1) is 15.2. The summed E-state index contributed by atoms with van der Waals surface area (Å²) in [5, 5.41) is 15.7. The largest absolute Gasteiger partial charge is 0.417 e. The van der Waals surface area contributed by atoms with Crippen LogP contribution in [0.2, 0.25) is 0 Å². The smallest absolute Gasteiger partial charge is 0.380 e. The Labute approximate surface area is 183 Å². The molecule has 3 atom stereocenters. The highest BCUT2D eigenvalue weighted by Gasteiger charge is 2.60. The van der Waals surface area contributed by atoms with E-state index in [1.54, 1.807) is 23.0 Å². The molecule has 2 heterocycles. The molecule has 1 aromatic carbocycles. The number of hydrogen-bond donors (Lipinski definition) is 1. The summed E-state index contributed by atoms with van der Waals surface area (Å²) in [7, 11) is 0. The summed E-state index contributed by atoms with van der Waals surface area (Å²) in [6.45, 7) is 2.02. The molecule has 8 heteroatoms. The highest BCUT2D eigenvalue weighted by molar-refractivity contribution is 5.78. The predicted octanol–water partition coefficient (Wildman–Crippen LogP) is 5.64. The van der Waals surface area contributed by atoms with Gasteiger partial charge in [0.2, 0.25) is 0 Å². The fourth-order valence-corrected chi connectivity index (χ4v) is 5.89. The Kier molecular flexibility index (Phi) is 4.85. The van der Waals surface area contributed by atoms with Gasteiger partial charge in [-0.2, -0.15) is 18.3 Å². The second-order valence-electron chi connectivity index (χ2n) is 9.26. The third kappa shape index (κ3) is 3.14. The van der Waals surface area contributed by atoms with Crippen molar-refractivity contribution >= 4 is 11.0 Å². The third-order valence-corrected chi connectivity index (χ3v) is 7.71. The molecule has 3 aromatic rings. The van der Waals surface area contributed by atoms with Crippen LogP contribution >= 0.6 is 0 Å². The lowest BCUT2D eigenvalue weighted by Crippen LogP contribution is -2.54. The molecule has 5 rings (SSSR count). The minimum atomic E-state index is -4.62. The molecule has 0 saturated heterocycles. The fraction of sp³-hybridized carbons (Fsp3) is 0.500. The molecule has 1 N–H and O–H groups in total. The average molecular weight is 447 g/mol. The Balaban J connectivity index is 1.61. The lowest BCUT2D eigenvalue weighted by Gasteiger charge is -2.50. The summed E-state index contributed by atoms with van der Waals surface area (Å²) in [6.07, 6.45) is -0.509. The number of pyridine rings is 1. The van der Waals surface area contributed by atoms with Gasteiger partial charge in [0.25, 0.3) is 0 Å². The van der Waals surface area contributed by atoms with Crippen molar-refractivity contribution in [3.8, 4) is 5.69 Å². The van der Waals surface area contributed by atoms with Crippen LogP contribution in [0.5, 0.6) is 0 Å². The Morgan fingerprint density at radius 3 is 2.62 bits per heavy atom. The summed E-state index contributed by atoms with van der Waals surface area (Å²) in [4.78, 5) is 4.93. The van der Waals surface area contributed by atoms with E-state index >= 15 is 0 Å². The molecule has 1 fully saturated rings. The fourth-order valence-electron chi connectivity index (χ4n) is 5.89. The number of benzene rings is 1. The van der Waals surface area contributed by atoms with Crippen LogP contribution in [0.4, 0.5) is 17.6 Å². The van der Waals surface area contributed by atoms with Gasteiger partial charge in [0, 0.05) is 11.1 Å². The summed E-state index contributed by atoms with van der Waals surface area (Å²) in [5.74, 6) is -0.598. The van der Waals surface area contributed by atoms with E-state index in [0.717, 1.165) is 23.1 Å². The standard InChI is InChI=1S/C24H25F4N3O/c1-2-22-10-11-23(32,24(26,27)28)13-16(22)4-3-5-20-19(22)12-15-14-29-31(21(15)30-20)18-8-6-17(25)7-9-18/h6-9,12,14,16,32H,2-5,10-11,13H2,1H3. The number of nitrogens with zero attached hydrogens (tertiary/aromatic N) is 3. The zero-order chi connectivity index (χ0) is 22.7. The molecule has 4 nitrogen and oxygen atoms in total. The Morgan fingerprint density at radius 2 is 1.94 bits per heavy atom. The molecule has 0 aliphatic heterocycles. The van der Waals surface area contributed by atoms with Gasteiger partial charge in [-0.25, -0.2) is 14.1 Å². The van der Waals surface area contributed by atoms with Crippen LogP contribution in [0.3, 0.4) is 0 Å². The van der Waals surface area contributed by atoms with E-state index in [-0.39, 0.29) is 31.0 Å². The maximum Gasteiger partial charge on any atom is 0.417 e. The summed E-state index contributed by atoms with van der Waals surface area (Å²) in [6, 6.07) is 8.04. The number of rotatable bonds is 2. The molecule has 2 aliphatic rings. The van der Waals surface area contributed by atoms with E-state index < -0.39 is 17.2 Å². The summed E-state index contributed by atoms with van der Waals surface area (Å²) < 4.78 is 55.8. The molecule has 0 bridgehead atoms. The molecule has 0 amide bonds. The minimum absolute atomic E-state index is 0.263. The van der Waals surface area contributed by atoms with Crippen LogP contribution in [-0.4, -0.2) is 31.6 Å². The molecule has 2 aromatic heterocycles. The number of fused-ring (bicyclic) bond motifs is 4. The van der Waals surface area contributed by atoms with Crippen LogP contribution in [0.15, 0.2) is 36.5 Å². The highest BCUT2D eigenvalue weighted by Crippen LogP contribution is 2.56. The Morgan fingerprint density at radius 1 is 1.19 bits per heavy atom. The number of aryl methyl sites for hydroxylation is 1. The number of hydrogen-bond acceptors (Lipinski definition) is 3. The van der Waals surface area contributed by atoms with Crippen molar-refractivity contribution in [2.45, 2.75) is 69.1 Å². The van der Waals surface area contributed by atoms with Gasteiger partial charge in [-0.05, 0) is 92.2 Å². The van der Waals surface area contributed by atoms with Crippen LogP contribution in [0.1, 0.15) is 56.7 Å². The van der Waals surface area contributed by atoms with Crippen molar-refractivity contribution in [3.05, 3.63) is 53.6 Å². The van der Waals surface area contributed by atoms with Crippen molar-refractivity contribution in [1.29, 1.82) is 0 Å². The second kappa shape index (κ2) is 7.27. The van der Waals surface area contributed by atoms with E-state index in [1.165, 1.54) is 12.1 Å². The molecular formula is C24H25F4N3O. The lowest BCUT2D eigenvalue weighted by atomic mass is 9.57. The van der Waals surface area contributed by atoms with E-state index in [4.69, 9.17) is 4.98 Å². The topological polar surface area (TPSA) is 50.9 Å². The second-order valence-corrected chi connectivity index (χ2v) is 9.26. The quantitative estimate of drug-likeness (QED) is 0.518. The molecule has 2 aliphatic carbocycles. The molecule has 0 spiro atoms. The zero-order valence-electron chi connectivity index (χ0n) is 17.8. The highest BCUT2D eigenvalue weighted by atomic mass is 19.4. The van der Waals surface area contributed by atoms with Crippen molar-refractivity contribution in [2.75, 3.05) is 0 Å².